The molecule has 0 amide bonds. The predicted octanol–water partition coefficient (Wildman–Crippen LogP) is 3.16. The van der Waals surface area contributed by atoms with Crippen LogP contribution in [0.15, 0.2) is 11.6 Å². The summed E-state index contributed by atoms with van der Waals surface area (Å²) < 4.78 is 2.21. The maximum atomic E-state index is 5.80. The lowest BCUT2D eigenvalue weighted by Crippen LogP contribution is -2.38. The van der Waals surface area contributed by atoms with Gasteiger partial charge in [-0.3, -0.25) is 4.40 Å². The summed E-state index contributed by atoms with van der Waals surface area (Å²) in [7, 11) is 0. The number of aromatic nitrogens is 2. The van der Waals surface area contributed by atoms with Gasteiger partial charge in [0.25, 0.3) is 0 Å². The van der Waals surface area contributed by atoms with Gasteiger partial charge in [0.15, 0.2) is 10.8 Å². The van der Waals surface area contributed by atoms with E-state index in [1.54, 1.807) is 11.3 Å². The molecule has 0 radical (unpaired) electrons. The second-order valence-corrected chi connectivity index (χ2v) is 7.98. The van der Waals surface area contributed by atoms with E-state index < -0.39 is 0 Å². The van der Waals surface area contributed by atoms with Gasteiger partial charge in [-0.05, 0) is 30.7 Å². The van der Waals surface area contributed by atoms with Crippen LogP contribution < -0.4 is 10.6 Å². The van der Waals surface area contributed by atoms with Gasteiger partial charge in [0, 0.05) is 31.1 Å². The highest BCUT2D eigenvalue weighted by molar-refractivity contribution is 7.15. The highest BCUT2D eigenvalue weighted by atomic mass is 32.1. The quantitative estimate of drug-likeness (QED) is 0.947. The van der Waals surface area contributed by atoms with Crippen molar-refractivity contribution in [2.24, 2.45) is 17.1 Å². The number of rotatable bonds is 3. The molecule has 2 N–H and O–H groups in total. The third kappa shape index (κ3) is 2.81. The number of hydrogen-bond acceptors (Lipinski definition) is 4. The van der Waals surface area contributed by atoms with Crippen molar-refractivity contribution in [3.63, 3.8) is 0 Å². The fourth-order valence-corrected chi connectivity index (χ4v) is 4.13. The van der Waals surface area contributed by atoms with Crippen LogP contribution in [0, 0.1) is 11.3 Å². The molecular weight excluding hydrogens is 280 g/mol. The lowest BCUT2D eigenvalue weighted by molar-refractivity contribution is 0.198. The lowest BCUT2D eigenvalue weighted by atomic mass is 9.75. The molecule has 0 aliphatic carbocycles. The van der Waals surface area contributed by atoms with Crippen molar-refractivity contribution in [3.05, 3.63) is 17.3 Å². The molecule has 0 bridgehead atoms. The minimum Gasteiger partial charge on any atom is -0.355 e. The highest BCUT2D eigenvalue weighted by Gasteiger charge is 2.30. The lowest BCUT2D eigenvalue weighted by Gasteiger charge is -2.39. The number of nitrogens with zero attached hydrogens (tertiary/aromatic N) is 3. The van der Waals surface area contributed by atoms with Crippen molar-refractivity contribution in [1.29, 1.82) is 0 Å². The van der Waals surface area contributed by atoms with Crippen LogP contribution in [0.2, 0.25) is 0 Å². The molecule has 116 valence electrons. The first kappa shape index (κ1) is 14.9. The Hall–Kier alpha value is -1.07. The summed E-state index contributed by atoms with van der Waals surface area (Å²) in [5, 5.41) is 2.10. The summed E-state index contributed by atoms with van der Waals surface area (Å²) in [6, 6.07) is 0. The molecule has 1 aliphatic heterocycles. The molecule has 2 aromatic rings. The van der Waals surface area contributed by atoms with Gasteiger partial charge in [-0.1, -0.05) is 20.8 Å². The Morgan fingerprint density at radius 3 is 2.67 bits per heavy atom. The van der Waals surface area contributed by atoms with Crippen LogP contribution in [0.25, 0.3) is 4.96 Å². The highest BCUT2D eigenvalue weighted by Crippen LogP contribution is 2.36. The third-order valence-electron chi connectivity index (χ3n) is 4.74. The predicted molar refractivity (Wildman–Crippen MR) is 90.2 cm³/mol. The van der Waals surface area contributed by atoms with Gasteiger partial charge >= 0.3 is 0 Å². The van der Waals surface area contributed by atoms with Crippen molar-refractivity contribution in [3.8, 4) is 0 Å². The van der Waals surface area contributed by atoms with Crippen LogP contribution in [0.1, 0.15) is 39.3 Å². The van der Waals surface area contributed by atoms with Crippen LogP contribution in [-0.2, 0) is 6.42 Å². The van der Waals surface area contributed by atoms with Gasteiger partial charge in [0.05, 0.1) is 5.69 Å². The van der Waals surface area contributed by atoms with E-state index in [0.717, 1.165) is 30.4 Å². The van der Waals surface area contributed by atoms with Crippen LogP contribution in [-0.4, -0.2) is 29.0 Å². The SMILES string of the molecule is CC(C)(C)C1CCN(c2nc3sccn3c2CCN)CC1. The van der Waals surface area contributed by atoms with Gasteiger partial charge in [-0.25, -0.2) is 4.98 Å². The standard InChI is InChI=1S/C16H26N4S/c1-16(2,3)12-5-8-19(9-6-12)14-13(4-7-17)20-10-11-21-15(20)18-14/h10-12H,4-9,17H2,1-3H3. The average molecular weight is 306 g/mol. The van der Waals surface area contributed by atoms with E-state index in [0.29, 0.717) is 12.0 Å². The van der Waals surface area contributed by atoms with Gasteiger partial charge in [-0.15, -0.1) is 11.3 Å². The number of hydrogen-bond donors (Lipinski definition) is 1. The average Bonchev–Trinajstić information content (AvgIpc) is 3.01. The van der Waals surface area contributed by atoms with Crippen LogP contribution in [0.4, 0.5) is 5.82 Å². The Bertz CT molecular complexity index is 599. The van der Waals surface area contributed by atoms with E-state index in [-0.39, 0.29) is 0 Å². The Balaban J connectivity index is 1.82. The zero-order valence-electron chi connectivity index (χ0n) is 13.3. The zero-order valence-corrected chi connectivity index (χ0v) is 14.1. The Kier molecular flexibility index (Phi) is 3.97. The molecule has 1 aliphatic rings. The van der Waals surface area contributed by atoms with Gasteiger partial charge in [0.2, 0.25) is 0 Å². The third-order valence-corrected chi connectivity index (χ3v) is 5.50. The first-order valence-electron chi connectivity index (χ1n) is 7.90. The molecule has 3 heterocycles. The molecule has 5 heteroatoms. The molecule has 0 unspecified atom stereocenters. The molecule has 4 nitrogen and oxygen atoms in total. The first-order valence-corrected chi connectivity index (χ1v) is 8.78. The molecule has 1 fully saturated rings. The molecule has 0 atom stereocenters. The summed E-state index contributed by atoms with van der Waals surface area (Å²) in [6.07, 6.45) is 5.53. The minimum atomic E-state index is 0.417. The molecular formula is C16H26N4S. The van der Waals surface area contributed by atoms with Gasteiger partial charge in [0.1, 0.15) is 0 Å². The van der Waals surface area contributed by atoms with Crippen molar-refractivity contribution in [1.82, 2.24) is 9.38 Å². The Morgan fingerprint density at radius 1 is 1.33 bits per heavy atom. The first-order chi connectivity index (χ1) is 10.0. The van der Waals surface area contributed by atoms with Crippen LogP contribution in [0.5, 0.6) is 0 Å². The van der Waals surface area contributed by atoms with E-state index in [9.17, 15) is 0 Å². The molecule has 0 aromatic carbocycles. The monoisotopic (exact) mass is 306 g/mol. The van der Waals surface area contributed by atoms with Crippen LogP contribution >= 0.6 is 11.3 Å². The Labute approximate surface area is 131 Å². The second kappa shape index (κ2) is 5.61. The summed E-state index contributed by atoms with van der Waals surface area (Å²) in [5.41, 5.74) is 7.50. The minimum absolute atomic E-state index is 0.417. The van der Waals surface area contributed by atoms with Crippen molar-refractivity contribution < 1.29 is 0 Å². The number of fused-ring (bicyclic) bond motifs is 1. The molecule has 0 spiro atoms. The van der Waals surface area contributed by atoms with Crippen molar-refractivity contribution in [2.75, 3.05) is 24.5 Å². The van der Waals surface area contributed by atoms with E-state index >= 15 is 0 Å². The van der Waals surface area contributed by atoms with Crippen LogP contribution in [0.3, 0.4) is 0 Å². The number of nitrogens with two attached hydrogens (primary N) is 1. The summed E-state index contributed by atoms with van der Waals surface area (Å²) in [4.78, 5) is 8.41. The molecule has 21 heavy (non-hydrogen) atoms. The Morgan fingerprint density at radius 2 is 2.05 bits per heavy atom. The normalized spacial score (nSPS) is 17.8. The molecule has 0 saturated carbocycles. The van der Waals surface area contributed by atoms with E-state index in [4.69, 9.17) is 10.7 Å². The zero-order chi connectivity index (χ0) is 15.0. The summed E-state index contributed by atoms with van der Waals surface area (Å²) in [5.74, 6) is 1.98. The summed E-state index contributed by atoms with van der Waals surface area (Å²) >= 11 is 1.70. The maximum absolute atomic E-state index is 5.80. The smallest absolute Gasteiger partial charge is 0.195 e. The van der Waals surface area contributed by atoms with Gasteiger partial charge in [-0.2, -0.15) is 0 Å². The maximum Gasteiger partial charge on any atom is 0.195 e. The van der Waals surface area contributed by atoms with E-state index in [1.165, 1.54) is 24.4 Å². The second-order valence-electron chi connectivity index (χ2n) is 7.10. The van der Waals surface area contributed by atoms with Gasteiger partial charge < -0.3 is 10.6 Å². The number of anilines is 1. The molecule has 3 rings (SSSR count). The van der Waals surface area contributed by atoms with Crippen molar-refractivity contribution in [2.45, 2.75) is 40.0 Å². The van der Waals surface area contributed by atoms with E-state index in [2.05, 4.69) is 41.6 Å². The molecule has 1 saturated heterocycles. The number of imidazole rings is 1. The largest absolute Gasteiger partial charge is 0.355 e. The van der Waals surface area contributed by atoms with Crippen molar-refractivity contribution >= 4 is 22.1 Å². The molecule has 2 aromatic heterocycles. The van der Waals surface area contributed by atoms with E-state index in [1.807, 2.05) is 0 Å². The number of thiazole rings is 1. The summed E-state index contributed by atoms with van der Waals surface area (Å²) in [6.45, 7) is 9.99. The fraction of sp³-hybridized carbons (Fsp3) is 0.688. The number of piperidine rings is 1. The fourth-order valence-electron chi connectivity index (χ4n) is 3.40. The topological polar surface area (TPSA) is 46.6 Å².